The summed E-state index contributed by atoms with van der Waals surface area (Å²) in [5.41, 5.74) is 1.66. The summed E-state index contributed by atoms with van der Waals surface area (Å²) < 4.78 is 17.7. The second-order valence-electron chi connectivity index (χ2n) is 5.93. The van der Waals surface area contributed by atoms with E-state index in [1.807, 2.05) is 31.2 Å². The van der Waals surface area contributed by atoms with E-state index in [9.17, 15) is 13.8 Å². The van der Waals surface area contributed by atoms with Crippen LogP contribution in [0.5, 0.6) is 5.75 Å². The first-order chi connectivity index (χ1) is 12.6. The number of Topliss-reactive ketones (excluding diaryl/α,β-unsaturated/α-hetero) is 1. The number of fused-ring (bicyclic) bond motifs is 1. The van der Waals surface area contributed by atoms with Crippen molar-refractivity contribution in [2.75, 3.05) is 12.4 Å². The topological polar surface area (TPSA) is 92.0 Å². The predicted octanol–water partition coefficient (Wildman–Crippen LogP) is 2.78. The van der Waals surface area contributed by atoms with Crippen molar-refractivity contribution < 1.29 is 13.7 Å². The highest BCUT2D eigenvalue weighted by atomic mass is 32.2. The molecule has 0 radical (unpaired) electrons. The lowest BCUT2D eigenvalue weighted by Gasteiger charge is -2.06. The molecule has 0 saturated heterocycles. The third-order valence-electron chi connectivity index (χ3n) is 3.90. The van der Waals surface area contributed by atoms with Gasteiger partial charge >= 0.3 is 0 Å². The zero-order valence-electron chi connectivity index (χ0n) is 14.4. The van der Waals surface area contributed by atoms with Crippen LogP contribution in [0.1, 0.15) is 29.4 Å². The quantitative estimate of drug-likeness (QED) is 0.595. The highest BCUT2D eigenvalue weighted by Crippen LogP contribution is 2.18. The Labute approximate surface area is 153 Å². The maximum atomic E-state index is 12.5. The summed E-state index contributed by atoms with van der Waals surface area (Å²) in [6.07, 6.45) is 3.93. The van der Waals surface area contributed by atoms with Gasteiger partial charge in [-0.1, -0.05) is 25.1 Å². The van der Waals surface area contributed by atoms with Gasteiger partial charge < -0.3 is 14.7 Å². The van der Waals surface area contributed by atoms with Crippen molar-refractivity contribution in [2.24, 2.45) is 0 Å². The number of hydrogen-bond donors (Lipinski definition) is 2. The highest BCUT2D eigenvalue weighted by molar-refractivity contribution is 7.85. The molecule has 3 aromatic rings. The Balaban J connectivity index is 1.66. The number of nitrogens with one attached hydrogen (secondary N) is 2. The molecular weight excluding hydrogens is 352 g/mol. The van der Waals surface area contributed by atoms with Crippen LogP contribution in [-0.2, 0) is 16.6 Å². The number of ketones is 1. The van der Waals surface area contributed by atoms with Gasteiger partial charge in [0, 0.05) is 51.4 Å². The minimum Gasteiger partial charge on any atom is -0.488 e. The average Bonchev–Trinajstić information content (AvgIpc) is 3.05. The summed E-state index contributed by atoms with van der Waals surface area (Å²) in [7, 11) is -1.42. The van der Waals surface area contributed by atoms with E-state index in [0.717, 1.165) is 17.3 Å². The first-order valence-electron chi connectivity index (χ1n) is 8.37. The van der Waals surface area contributed by atoms with Crippen molar-refractivity contribution in [1.82, 2.24) is 9.97 Å². The molecule has 26 heavy (non-hydrogen) atoms. The summed E-state index contributed by atoms with van der Waals surface area (Å²) >= 11 is 0. The van der Waals surface area contributed by atoms with Crippen LogP contribution in [-0.4, -0.2) is 32.3 Å². The van der Waals surface area contributed by atoms with Gasteiger partial charge in [-0.15, -0.1) is 0 Å². The summed E-state index contributed by atoms with van der Waals surface area (Å²) in [6.45, 7) is 2.42. The van der Waals surface area contributed by atoms with Gasteiger partial charge in [0.25, 0.3) is 0 Å². The second-order valence-corrected chi connectivity index (χ2v) is 7.39. The lowest BCUT2D eigenvalue weighted by atomic mass is 10.1. The first kappa shape index (κ1) is 18.1. The Hall–Kier alpha value is -2.67. The molecule has 136 valence electrons. The van der Waals surface area contributed by atoms with E-state index in [0.29, 0.717) is 17.9 Å². The van der Waals surface area contributed by atoms with Crippen LogP contribution >= 0.6 is 0 Å². The van der Waals surface area contributed by atoms with Gasteiger partial charge in [-0.3, -0.25) is 13.8 Å². The minimum atomic E-state index is -1.42. The molecule has 1 unspecified atom stereocenters. The molecule has 0 aliphatic carbocycles. The third kappa shape index (κ3) is 4.11. The predicted molar refractivity (Wildman–Crippen MR) is 102 cm³/mol. The highest BCUT2D eigenvalue weighted by Gasteiger charge is 2.15. The molecule has 6 nitrogen and oxygen atoms in total. The molecule has 0 bridgehead atoms. The van der Waals surface area contributed by atoms with E-state index in [1.54, 1.807) is 6.20 Å². The van der Waals surface area contributed by atoms with Crippen molar-refractivity contribution in [3.05, 3.63) is 64.2 Å². The van der Waals surface area contributed by atoms with Gasteiger partial charge in [0.2, 0.25) is 5.43 Å². The van der Waals surface area contributed by atoms with Gasteiger partial charge in [-0.05, 0) is 12.5 Å². The Morgan fingerprint density at radius 2 is 2.00 bits per heavy atom. The number of H-pyrrole nitrogens is 2. The van der Waals surface area contributed by atoms with Crippen LogP contribution in [0.15, 0.2) is 47.5 Å². The fourth-order valence-corrected chi connectivity index (χ4v) is 3.72. The number of rotatable bonds is 8. The number of carbonyl (C=O) groups excluding carboxylic acids is 1. The fraction of sp³-hybridized carbons (Fsp3) is 0.263. The fourth-order valence-electron chi connectivity index (χ4n) is 2.66. The number of pyridine rings is 1. The minimum absolute atomic E-state index is 0.0992. The first-order valence-corrected chi connectivity index (χ1v) is 9.86. The van der Waals surface area contributed by atoms with E-state index < -0.39 is 10.8 Å². The summed E-state index contributed by atoms with van der Waals surface area (Å²) in [5.74, 6) is 0.0670. The molecular formula is C19H20N2O4S. The van der Waals surface area contributed by atoms with Gasteiger partial charge in [0.1, 0.15) is 0 Å². The van der Waals surface area contributed by atoms with Crippen LogP contribution in [0.3, 0.4) is 0 Å². The molecule has 1 aromatic carbocycles. The van der Waals surface area contributed by atoms with E-state index in [1.165, 1.54) is 12.3 Å². The maximum Gasteiger partial charge on any atom is 0.223 e. The number of ether oxygens (including phenoxy) is 1. The van der Waals surface area contributed by atoms with Crippen LogP contribution in [0.2, 0.25) is 0 Å². The normalized spacial score (nSPS) is 12.2. The zero-order valence-corrected chi connectivity index (χ0v) is 15.2. The van der Waals surface area contributed by atoms with Crippen LogP contribution < -0.4 is 10.2 Å². The second kappa shape index (κ2) is 8.14. The van der Waals surface area contributed by atoms with Crippen molar-refractivity contribution in [3.8, 4) is 5.75 Å². The molecule has 0 spiro atoms. The van der Waals surface area contributed by atoms with Crippen molar-refractivity contribution in [3.63, 3.8) is 0 Å². The largest absolute Gasteiger partial charge is 0.488 e. The molecule has 2 heterocycles. The number of carbonyl (C=O) groups is 1. The summed E-state index contributed by atoms with van der Waals surface area (Å²) in [4.78, 5) is 30.4. The van der Waals surface area contributed by atoms with Gasteiger partial charge in [0.05, 0.1) is 18.1 Å². The monoisotopic (exact) mass is 372 g/mol. The van der Waals surface area contributed by atoms with Gasteiger partial charge in [-0.2, -0.15) is 0 Å². The molecule has 2 N–H and O–H groups in total. The zero-order chi connectivity index (χ0) is 18.5. The number of aromatic amines is 2. The lowest BCUT2D eigenvalue weighted by molar-refractivity contribution is 0.102. The Kier molecular flexibility index (Phi) is 5.68. The van der Waals surface area contributed by atoms with Gasteiger partial charge in [0.15, 0.2) is 11.5 Å². The average molecular weight is 372 g/mol. The van der Waals surface area contributed by atoms with E-state index >= 15 is 0 Å². The molecule has 1 atom stereocenters. The Bertz CT molecular complexity index is 1010. The summed E-state index contributed by atoms with van der Waals surface area (Å²) in [5, 5.41) is 0.820. The van der Waals surface area contributed by atoms with Crippen molar-refractivity contribution >= 4 is 27.5 Å². The standard InChI is InChI=1S/C19H20N2O4S/c1-2-7-25-19-10-20-13(8-17(19)22)11-26(24)12-18(23)15-9-21-16-6-4-3-5-14(15)16/h3-6,8-10,21H,2,7,11-12H2,1H3,(H,20,22). The lowest BCUT2D eigenvalue weighted by Crippen LogP contribution is -2.15. The van der Waals surface area contributed by atoms with Crippen LogP contribution in [0.25, 0.3) is 10.9 Å². The number of aromatic nitrogens is 2. The van der Waals surface area contributed by atoms with Crippen molar-refractivity contribution in [2.45, 2.75) is 19.1 Å². The third-order valence-corrected chi connectivity index (χ3v) is 5.11. The number of para-hydroxylation sites is 1. The molecule has 0 aliphatic heterocycles. The molecule has 0 amide bonds. The van der Waals surface area contributed by atoms with Crippen LogP contribution in [0.4, 0.5) is 0 Å². The number of benzene rings is 1. The van der Waals surface area contributed by atoms with E-state index in [2.05, 4.69) is 9.97 Å². The molecule has 0 fully saturated rings. The smallest absolute Gasteiger partial charge is 0.223 e. The summed E-state index contributed by atoms with van der Waals surface area (Å²) in [6, 6.07) is 8.86. The molecule has 0 saturated carbocycles. The molecule has 0 aliphatic rings. The molecule has 2 aromatic heterocycles. The molecule has 7 heteroatoms. The Morgan fingerprint density at radius 1 is 1.19 bits per heavy atom. The van der Waals surface area contributed by atoms with E-state index in [-0.39, 0.29) is 28.5 Å². The SMILES string of the molecule is CCCOc1c[nH]c(CS(=O)CC(=O)c2c[nH]c3ccccc23)cc1=O. The molecule has 3 rings (SSSR count). The maximum absolute atomic E-state index is 12.5. The van der Waals surface area contributed by atoms with E-state index in [4.69, 9.17) is 4.74 Å². The van der Waals surface area contributed by atoms with Crippen LogP contribution in [0, 0.1) is 0 Å². The van der Waals surface area contributed by atoms with Gasteiger partial charge in [-0.25, -0.2) is 0 Å². The Morgan fingerprint density at radius 3 is 2.77 bits per heavy atom. The number of hydrogen-bond acceptors (Lipinski definition) is 4. The van der Waals surface area contributed by atoms with Crippen molar-refractivity contribution in [1.29, 1.82) is 0 Å².